The van der Waals surface area contributed by atoms with Crippen molar-refractivity contribution in [3.63, 3.8) is 0 Å². The van der Waals surface area contributed by atoms with Gasteiger partial charge in [0, 0.05) is 11.1 Å². The van der Waals surface area contributed by atoms with Gasteiger partial charge in [-0.2, -0.15) is 0 Å². The molecule has 0 spiro atoms. The van der Waals surface area contributed by atoms with Crippen LogP contribution in [-0.2, 0) is 0 Å². The highest BCUT2D eigenvalue weighted by molar-refractivity contribution is 7.80. The van der Waals surface area contributed by atoms with Crippen LogP contribution in [0.4, 0.5) is 0 Å². The van der Waals surface area contributed by atoms with E-state index >= 15 is 0 Å². The summed E-state index contributed by atoms with van der Waals surface area (Å²) in [7, 11) is 1.95. The normalized spacial score (nSPS) is 11.0. The molecule has 4 heteroatoms. The lowest BCUT2D eigenvalue weighted by Gasteiger charge is -2.23. The minimum atomic E-state index is -0.769. The van der Waals surface area contributed by atoms with E-state index in [0.29, 0.717) is 0 Å². The molecule has 0 heterocycles. The van der Waals surface area contributed by atoms with Crippen molar-refractivity contribution in [3.8, 4) is 22.6 Å². The summed E-state index contributed by atoms with van der Waals surface area (Å²) in [5, 5.41) is 7.77. The molecule has 0 fully saturated rings. The molecule has 0 radical (unpaired) electrons. The van der Waals surface area contributed by atoms with Gasteiger partial charge in [0.25, 0.3) is 0 Å². The Hall–Kier alpha value is -4.22. The second kappa shape index (κ2) is 13.2. The molecule has 42 heavy (non-hydrogen) atoms. The zero-order valence-corrected chi connectivity index (χ0v) is 25.5. The Kier molecular flexibility index (Phi) is 8.76. The standard InChI is InChI=1S/C38H32O2P2/c1-39-37-25-23-33(41(29-15-7-3-8-16-29)30-17-9-4-10-18-30)27-35(37)36-28-34(24-26-38(36)40-2)42(31-19-11-5-12-20-31)32-21-13-6-14-22-32/h3-28H,1-2H3. The van der Waals surface area contributed by atoms with Gasteiger partial charge in [-0.15, -0.1) is 0 Å². The first-order chi connectivity index (χ1) is 20.8. The molecule has 2 nitrogen and oxygen atoms in total. The summed E-state index contributed by atoms with van der Waals surface area (Å²) in [5.74, 6) is 1.66. The molecule has 206 valence electrons. The van der Waals surface area contributed by atoms with Crippen molar-refractivity contribution in [2.45, 2.75) is 0 Å². The minimum absolute atomic E-state index is 0.769. The predicted molar refractivity (Wildman–Crippen MR) is 182 cm³/mol. The third-order valence-electron chi connectivity index (χ3n) is 7.23. The summed E-state index contributed by atoms with van der Waals surface area (Å²) in [6, 6.07) is 56.4. The first kappa shape index (κ1) is 27.9. The molecule has 0 aliphatic heterocycles. The summed E-state index contributed by atoms with van der Waals surface area (Å²) in [4.78, 5) is 0. The maximum atomic E-state index is 5.97. The average Bonchev–Trinajstić information content (AvgIpc) is 3.07. The van der Waals surface area contributed by atoms with Crippen LogP contribution in [0.2, 0.25) is 0 Å². The van der Waals surface area contributed by atoms with E-state index in [1.807, 2.05) is 0 Å². The number of ether oxygens (including phenoxy) is 2. The smallest absolute Gasteiger partial charge is 0.126 e. The number of rotatable bonds is 9. The Bertz CT molecular complexity index is 1530. The van der Waals surface area contributed by atoms with E-state index in [2.05, 4.69) is 158 Å². The quantitative estimate of drug-likeness (QED) is 0.173. The fourth-order valence-corrected chi connectivity index (χ4v) is 9.93. The zero-order valence-electron chi connectivity index (χ0n) is 23.7. The number of methoxy groups -OCH3 is 2. The van der Waals surface area contributed by atoms with Crippen LogP contribution in [0.5, 0.6) is 11.5 Å². The lowest BCUT2D eigenvalue weighted by molar-refractivity contribution is 0.410. The van der Waals surface area contributed by atoms with E-state index in [1.54, 1.807) is 14.2 Å². The molecule has 0 aromatic heterocycles. The van der Waals surface area contributed by atoms with Gasteiger partial charge in [0.1, 0.15) is 11.5 Å². The highest BCUT2D eigenvalue weighted by atomic mass is 31.1. The van der Waals surface area contributed by atoms with Gasteiger partial charge in [0.15, 0.2) is 0 Å². The number of benzene rings is 6. The van der Waals surface area contributed by atoms with E-state index in [9.17, 15) is 0 Å². The minimum Gasteiger partial charge on any atom is -0.496 e. The maximum absolute atomic E-state index is 5.97. The molecule has 0 amide bonds. The summed E-state index contributed by atoms with van der Waals surface area (Å²) in [6.07, 6.45) is 0. The molecule has 0 saturated heterocycles. The Balaban J connectivity index is 1.53. The summed E-state index contributed by atoms with van der Waals surface area (Å²) < 4.78 is 11.9. The molecular weight excluding hydrogens is 550 g/mol. The summed E-state index contributed by atoms with van der Waals surface area (Å²) in [6.45, 7) is 0. The molecule has 0 aliphatic carbocycles. The molecule has 6 aromatic rings. The summed E-state index contributed by atoms with van der Waals surface area (Å²) in [5.41, 5.74) is 2.06. The van der Waals surface area contributed by atoms with Crippen molar-refractivity contribution < 1.29 is 9.47 Å². The predicted octanol–water partition coefficient (Wildman–Crippen LogP) is 6.89. The first-order valence-electron chi connectivity index (χ1n) is 13.9. The largest absolute Gasteiger partial charge is 0.496 e. The van der Waals surface area contributed by atoms with Crippen LogP contribution in [0.25, 0.3) is 11.1 Å². The van der Waals surface area contributed by atoms with Crippen molar-refractivity contribution in [2.24, 2.45) is 0 Å². The van der Waals surface area contributed by atoms with Gasteiger partial charge >= 0.3 is 0 Å². The Morgan fingerprint density at radius 2 is 0.619 bits per heavy atom. The van der Waals surface area contributed by atoms with Crippen LogP contribution < -0.4 is 41.3 Å². The fraction of sp³-hybridized carbons (Fsp3) is 0.0526. The van der Waals surface area contributed by atoms with Gasteiger partial charge in [-0.1, -0.05) is 133 Å². The lowest BCUT2D eigenvalue weighted by atomic mass is 10.0. The van der Waals surface area contributed by atoms with Crippen molar-refractivity contribution in [2.75, 3.05) is 14.2 Å². The fourth-order valence-electron chi connectivity index (χ4n) is 5.29. The van der Waals surface area contributed by atoms with Gasteiger partial charge in [-0.05, 0) is 71.9 Å². The van der Waals surface area contributed by atoms with E-state index in [4.69, 9.17) is 9.47 Å². The van der Waals surface area contributed by atoms with Crippen molar-refractivity contribution in [1.29, 1.82) is 0 Å². The topological polar surface area (TPSA) is 18.5 Å². The monoisotopic (exact) mass is 582 g/mol. The zero-order chi connectivity index (χ0) is 28.7. The molecule has 0 aliphatic rings. The Labute approximate surface area is 251 Å². The molecule has 0 N–H and O–H groups in total. The SMILES string of the molecule is COc1ccc(P(c2ccccc2)c2ccccc2)cc1-c1cc(P(c2ccccc2)c2ccccc2)ccc1OC. The Morgan fingerprint density at radius 3 is 0.881 bits per heavy atom. The third kappa shape index (κ3) is 5.88. The van der Waals surface area contributed by atoms with Crippen LogP contribution in [0, 0.1) is 0 Å². The van der Waals surface area contributed by atoms with E-state index in [-0.39, 0.29) is 0 Å². The van der Waals surface area contributed by atoms with Crippen LogP contribution in [0.3, 0.4) is 0 Å². The van der Waals surface area contributed by atoms with Gasteiger partial charge in [-0.25, -0.2) is 0 Å². The highest BCUT2D eigenvalue weighted by Gasteiger charge is 2.22. The van der Waals surface area contributed by atoms with Crippen LogP contribution in [0.15, 0.2) is 158 Å². The second-order valence-electron chi connectivity index (χ2n) is 9.78. The van der Waals surface area contributed by atoms with Gasteiger partial charge in [-0.3, -0.25) is 0 Å². The molecule has 0 saturated carbocycles. The second-order valence-corrected chi connectivity index (χ2v) is 14.2. The highest BCUT2D eigenvalue weighted by Crippen LogP contribution is 2.42. The van der Waals surface area contributed by atoms with Crippen molar-refractivity contribution in [1.82, 2.24) is 0 Å². The Morgan fingerprint density at radius 1 is 0.333 bits per heavy atom. The average molecular weight is 583 g/mol. The maximum Gasteiger partial charge on any atom is 0.126 e. The van der Waals surface area contributed by atoms with E-state index in [0.717, 1.165) is 22.6 Å². The molecule has 0 bridgehead atoms. The third-order valence-corrected chi connectivity index (χ3v) is 12.1. The summed E-state index contributed by atoms with van der Waals surface area (Å²) >= 11 is 0. The first-order valence-corrected chi connectivity index (χ1v) is 16.6. The number of hydrogen-bond donors (Lipinski definition) is 0. The van der Waals surface area contributed by atoms with Crippen LogP contribution >= 0.6 is 15.8 Å². The van der Waals surface area contributed by atoms with E-state index < -0.39 is 15.8 Å². The van der Waals surface area contributed by atoms with Crippen molar-refractivity contribution in [3.05, 3.63) is 158 Å². The van der Waals surface area contributed by atoms with Crippen LogP contribution in [0.1, 0.15) is 0 Å². The molecule has 6 aromatic carbocycles. The van der Waals surface area contributed by atoms with E-state index in [1.165, 1.54) is 31.8 Å². The molecular formula is C38H32O2P2. The van der Waals surface area contributed by atoms with Gasteiger partial charge in [0.2, 0.25) is 0 Å². The van der Waals surface area contributed by atoms with Gasteiger partial charge < -0.3 is 9.47 Å². The molecule has 0 atom stereocenters. The lowest BCUT2D eigenvalue weighted by Crippen LogP contribution is -2.21. The number of hydrogen-bond acceptors (Lipinski definition) is 2. The molecule has 0 unspecified atom stereocenters. The van der Waals surface area contributed by atoms with Crippen LogP contribution in [-0.4, -0.2) is 14.2 Å². The van der Waals surface area contributed by atoms with Crippen molar-refractivity contribution >= 4 is 47.7 Å². The molecule has 6 rings (SSSR count). The van der Waals surface area contributed by atoms with Gasteiger partial charge in [0.05, 0.1) is 14.2 Å².